The van der Waals surface area contributed by atoms with E-state index in [1.54, 1.807) is 0 Å². The molecule has 4 heteroatoms. The number of benzene rings is 1. The highest BCUT2D eigenvalue weighted by atomic mass is 16.7. The van der Waals surface area contributed by atoms with Crippen LogP contribution in [0, 0.1) is 0 Å². The second-order valence-electron chi connectivity index (χ2n) is 5.25. The van der Waals surface area contributed by atoms with E-state index >= 15 is 0 Å². The smallest absolute Gasteiger partial charge is 0.231 e. The number of aliphatic hydroxyl groups is 1. The summed E-state index contributed by atoms with van der Waals surface area (Å²) in [7, 11) is 0. The number of rotatable bonds is 3. The van der Waals surface area contributed by atoms with Crippen LogP contribution < -0.4 is 9.47 Å². The minimum Gasteiger partial charge on any atom is -0.454 e. The summed E-state index contributed by atoms with van der Waals surface area (Å²) >= 11 is 0. The van der Waals surface area contributed by atoms with Gasteiger partial charge in [0, 0.05) is 13.0 Å². The van der Waals surface area contributed by atoms with Crippen LogP contribution in [0.1, 0.15) is 37.7 Å². The Labute approximate surface area is 112 Å². The van der Waals surface area contributed by atoms with E-state index < -0.39 is 5.41 Å². The average molecular weight is 262 g/mol. The van der Waals surface area contributed by atoms with Gasteiger partial charge in [0.05, 0.1) is 5.41 Å². The van der Waals surface area contributed by atoms with Crippen LogP contribution in [0.25, 0.3) is 0 Å². The Morgan fingerprint density at radius 2 is 2.05 bits per heavy atom. The molecular formula is C15H18O4. The van der Waals surface area contributed by atoms with E-state index in [0.717, 1.165) is 30.6 Å². The highest BCUT2D eigenvalue weighted by Gasteiger charge is 2.41. The number of ketones is 1. The molecular weight excluding hydrogens is 244 g/mol. The van der Waals surface area contributed by atoms with E-state index in [0.29, 0.717) is 18.6 Å². The molecule has 4 nitrogen and oxygen atoms in total. The summed E-state index contributed by atoms with van der Waals surface area (Å²) in [6.45, 7) is 0.264. The molecule has 1 N–H and O–H groups in total. The Kier molecular flexibility index (Phi) is 3.19. The summed E-state index contributed by atoms with van der Waals surface area (Å²) in [6, 6.07) is 5.70. The Morgan fingerprint density at radius 3 is 2.84 bits per heavy atom. The normalized spacial score (nSPS) is 25.6. The SMILES string of the molecule is O=C1CCCC[C@]1(CCO)c1ccc2c(c1)OCO2. The van der Waals surface area contributed by atoms with Gasteiger partial charge in [0.15, 0.2) is 11.5 Å². The molecule has 3 rings (SSSR count). The largest absolute Gasteiger partial charge is 0.454 e. The summed E-state index contributed by atoms with van der Waals surface area (Å²) < 4.78 is 10.7. The zero-order valence-corrected chi connectivity index (χ0v) is 10.9. The van der Waals surface area contributed by atoms with E-state index in [4.69, 9.17) is 9.47 Å². The molecule has 0 spiro atoms. The lowest BCUT2D eigenvalue weighted by molar-refractivity contribution is -0.127. The molecule has 1 atom stereocenters. The van der Waals surface area contributed by atoms with Crippen molar-refractivity contribution in [3.63, 3.8) is 0 Å². The number of ether oxygens (including phenoxy) is 2. The molecule has 0 unspecified atom stereocenters. The van der Waals surface area contributed by atoms with Gasteiger partial charge in [0.1, 0.15) is 5.78 Å². The molecule has 2 aliphatic rings. The van der Waals surface area contributed by atoms with Crippen molar-refractivity contribution in [3.8, 4) is 11.5 Å². The van der Waals surface area contributed by atoms with Crippen molar-refractivity contribution in [3.05, 3.63) is 23.8 Å². The Balaban J connectivity index is 2.02. The summed E-state index contributed by atoms with van der Waals surface area (Å²) in [5.74, 6) is 1.67. The maximum atomic E-state index is 12.4. The third-order valence-corrected chi connectivity index (χ3v) is 4.25. The number of hydrogen-bond acceptors (Lipinski definition) is 4. The van der Waals surface area contributed by atoms with E-state index in [-0.39, 0.29) is 19.2 Å². The molecule has 102 valence electrons. The van der Waals surface area contributed by atoms with E-state index in [1.165, 1.54) is 0 Å². The summed E-state index contributed by atoms with van der Waals surface area (Å²) in [5.41, 5.74) is 0.420. The van der Waals surface area contributed by atoms with Crippen LogP contribution in [0.5, 0.6) is 11.5 Å². The second-order valence-corrected chi connectivity index (χ2v) is 5.25. The quantitative estimate of drug-likeness (QED) is 0.907. The van der Waals surface area contributed by atoms with E-state index in [2.05, 4.69) is 0 Å². The van der Waals surface area contributed by atoms with Gasteiger partial charge in [-0.3, -0.25) is 4.79 Å². The van der Waals surface area contributed by atoms with Gasteiger partial charge in [-0.15, -0.1) is 0 Å². The summed E-state index contributed by atoms with van der Waals surface area (Å²) in [4.78, 5) is 12.4. The van der Waals surface area contributed by atoms with Crippen LogP contribution in [0.2, 0.25) is 0 Å². The number of aliphatic hydroxyl groups excluding tert-OH is 1. The molecule has 1 heterocycles. The van der Waals surface area contributed by atoms with Gasteiger partial charge in [-0.1, -0.05) is 12.5 Å². The molecule has 1 fully saturated rings. The minimum absolute atomic E-state index is 0.0280. The first kappa shape index (κ1) is 12.5. The fraction of sp³-hybridized carbons (Fsp3) is 0.533. The van der Waals surface area contributed by atoms with Gasteiger partial charge in [-0.2, -0.15) is 0 Å². The fourth-order valence-corrected chi connectivity index (χ4v) is 3.19. The van der Waals surface area contributed by atoms with Crippen LogP contribution in [0.3, 0.4) is 0 Å². The van der Waals surface area contributed by atoms with Crippen molar-refractivity contribution in [1.82, 2.24) is 0 Å². The molecule has 1 aliphatic heterocycles. The van der Waals surface area contributed by atoms with E-state index in [9.17, 15) is 9.90 Å². The Hall–Kier alpha value is -1.55. The van der Waals surface area contributed by atoms with Crippen LogP contribution >= 0.6 is 0 Å². The highest BCUT2D eigenvalue weighted by molar-refractivity contribution is 5.91. The van der Waals surface area contributed by atoms with Crippen molar-refractivity contribution in [2.45, 2.75) is 37.5 Å². The van der Waals surface area contributed by atoms with Crippen molar-refractivity contribution in [2.75, 3.05) is 13.4 Å². The minimum atomic E-state index is -0.534. The first-order valence-corrected chi connectivity index (χ1v) is 6.80. The lowest BCUT2D eigenvalue weighted by atomic mass is 9.66. The zero-order valence-electron chi connectivity index (χ0n) is 10.9. The lowest BCUT2D eigenvalue weighted by Gasteiger charge is -2.36. The third kappa shape index (κ3) is 2.00. The fourth-order valence-electron chi connectivity index (χ4n) is 3.19. The van der Waals surface area contributed by atoms with Gasteiger partial charge in [0.2, 0.25) is 6.79 Å². The molecule has 1 aromatic rings. The number of carbonyl (C=O) groups excluding carboxylic acids is 1. The zero-order chi connectivity index (χ0) is 13.3. The molecule has 0 radical (unpaired) electrons. The van der Waals surface area contributed by atoms with Crippen molar-refractivity contribution in [1.29, 1.82) is 0 Å². The third-order valence-electron chi connectivity index (χ3n) is 4.25. The number of hydrogen-bond donors (Lipinski definition) is 1. The Bertz CT molecular complexity index is 493. The van der Waals surface area contributed by atoms with Crippen molar-refractivity contribution in [2.24, 2.45) is 0 Å². The molecule has 1 aliphatic carbocycles. The van der Waals surface area contributed by atoms with Crippen LogP contribution in [-0.4, -0.2) is 24.3 Å². The summed E-state index contributed by atoms with van der Waals surface area (Å²) in [5, 5.41) is 9.35. The van der Waals surface area contributed by atoms with Crippen LogP contribution in [-0.2, 0) is 10.2 Å². The molecule has 1 aromatic carbocycles. The standard InChI is InChI=1S/C15H18O4/c16-8-7-15(6-2-1-3-14(15)17)11-4-5-12-13(9-11)19-10-18-12/h4-5,9,16H,1-3,6-8,10H2/t15-/m0/s1. The van der Waals surface area contributed by atoms with Gasteiger partial charge >= 0.3 is 0 Å². The van der Waals surface area contributed by atoms with Crippen LogP contribution in [0.15, 0.2) is 18.2 Å². The first-order chi connectivity index (χ1) is 9.26. The lowest BCUT2D eigenvalue weighted by Crippen LogP contribution is -2.39. The van der Waals surface area contributed by atoms with Gasteiger partial charge in [-0.25, -0.2) is 0 Å². The molecule has 0 bridgehead atoms. The Morgan fingerprint density at radius 1 is 1.21 bits per heavy atom. The molecule has 19 heavy (non-hydrogen) atoms. The monoisotopic (exact) mass is 262 g/mol. The van der Waals surface area contributed by atoms with Crippen LogP contribution in [0.4, 0.5) is 0 Å². The molecule has 0 amide bonds. The maximum Gasteiger partial charge on any atom is 0.231 e. The highest BCUT2D eigenvalue weighted by Crippen LogP contribution is 2.43. The number of Topliss-reactive ketones (excluding diaryl/α,β-unsaturated/α-hetero) is 1. The van der Waals surface area contributed by atoms with Gasteiger partial charge in [-0.05, 0) is 37.0 Å². The maximum absolute atomic E-state index is 12.4. The van der Waals surface area contributed by atoms with E-state index in [1.807, 2.05) is 18.2 Å². The topological polar surface area (TPSA) is 55.8 Å². The van der Waals surface area contributed by atoms with Crippen molar-refractivity contribution >= 4 is 5.78 Å². The summed E-state index contributed by atoms with van der Waals surface area (Å²) in [6.07, 6.45) is 3.89. The first-order valence-electron chi connectivity index (χ1n) is 6.80. The number of fused-ring (bicyclic) bond motifs is 1. The second kappa shape index (κ2) is 4.85. The molecule has 0 aromatic heterocycles. The predicted octanol–water partition coefficient (Wildman–Crippen LogP) is 2.18. The van der Waals surface area contributed by atoms with Gasteiger partial charge < -0.3 is 14.6 Å². The average Bonchev–Trinajstić information content (AvgIpc) is 2.89. The molecule has 0 saturated heterocycles. The number of carbonyl (C=O) groups is 1. The molecule has 1 saturated carbocycles. The van der Waals surface area contributed by atoms with Gasteiger partial charge in [0.25, 0.3) is 0 Å². The van der Waals surface area contributed by atoms with Crippen molar-refractivity contribution < 1.29 is 19.4 Å². The predicted molar refractivity (Wildman–Crippen MR) is 69.4 cm³/mol.